The van der Waals surface area contributed by atoms with E-state index in [2.05, 4.69) is 10.6 Å². The molecule has 1 atom stereocenters. The first-order valence-electron chi connectivity index (χ1n) is 4.98. The maximum Gasteiger partial charge on any atom is 0.319 e. The Balaban J connectivity index is 2.59. The number of nitrogens with one attached hydrogen (secondary N) is 2. The molecule has 0 aliphatic rings. The van der Waals surface area contributed by atoms with E-state index >= 15 is 0 Å². The van der Waals surface area contributed by atoms with Crippen molar-refractivity contribution in [2.75, 3.05) is 11.9 Å². The van der Waals surface area contributed by atoms with Gasteiger partial charge in [-0.2, -0.15) is 0 Å². The molecule has 0 radical (unpaired) electrons. The zero-order chi connectivity index (χ0) is 12.1. The molecule has 0 saturated carbocycles. The third-order valence-corrected chi connectivity index (χ3v) is 2.00. The molecule has 5 heteroatoms. The van der Waals surface area contributed by atoms with E-state index in [1.165, 1.54) is 6.07 Å². The maximum absolute atomic E-state index is 13.5. The Morgan fingerprint density at radius 1 is 1.56 bits per heavy atom. The quantitative estimate of drug-likeness (QED) is 0.733. The van der Waals surface area contributed by atoms with Gasteiger partial charge >= 0.3 is 6.03 Å². The number of carbonyl (C=O) groups excluding carboxylic acids is 1. The number of carbonyl (C=O) groups is 1. The highest BCUT2D eigenvalue weighted by molar-refractivity contribution is 5.89. The minimum Gasteiger partial charge on any atom is -0.392 e. The number of amides is 2. The van der Waals surface area contributed by atoms with Crippen molar-refractivity contribution >= 4 is 11.7 Å². The van der Waals surface area contributed by atoms with Gasteiger partial charge < -0.3 is 15.7 Å². The molecule has 0 spiro atoms. The number of aryl methyl sites for hydroxylation is 1. The molecule has 16 heavy (non-hydrogen) atoms. The Labute approximate surface area is 93.5 Å². The fraction of sp³-hybridized carbons (Fsp3) is 0.364. The number of rotatable bonds is 3. The van der Waals surface area contributed by atoms with E-state index in [1.54, 1.807) is 26.0 Å². The third kappa shape index (κ3) is 3.51. The van der Waals surface area contributed by atoms with E-state index in [1.807, 2.05) is 0 Å². The Morgan fingerprint density at radius 3 is 2.88 bits per heavy atom. The number of hydrogen-bond acceptors (Lipinski definition) is 2. The lowest BCUT2D eigenvalue weighted by atomic mass is 10.2. The summed E-state index contributed by atoms with van der Waals surface area (Å²) in [6.45, 7) is 3.29. The topological polar surface area (TPSA) is 61.4 Å². The van der Waals surface area contributed by atoms with Gasteiger partial charge in [0, 0.05) is 6.54 Å². The number of aliphatic hydroxyl groups excluding tert-OH is 1. The summed E-state index contributed by atoms with van der Waals surface area (Å²) in [7, 11) is 0. The van der Waals surface area contributed by atoms with Gasteiger partial charge in [-0.3, -0.25) is 0 Å². The first kappa shape index (κ1) is 12.4. The Morgan fingerprint density at radius 2 is 2.25 bits per heavy atom. The molecule has 0 heterocycles. The van der Waals surface area contributed by atoms with Crippen LogP contribution < -0.4 is 10.6 Å². The van der Waals surface area contributed by atoms with Gasteiger partial charge in [-0.25, -0.2) is 9.18 Å². The molecule has 0 bridgehead atoms. The summed E-state index contributed by atoms with van der Waals surface area (Å²) in [5.74, 6) is -0.449. The van der Waals surface area contributed by atoms with Crippen molar-refractivity contribution in [1.29, 1.82) is 0 Å². The van der Waals surface area contributed by atoms with Gasteiger partial charge in [0.15, 0.2) is 0 Å². The molecule has 0 saturated heterocycles. The van der Waals surface area contributed by atoms with Crippen LogP contribution in [0.1, 0.15) is 12.5 Å². The van der Waals surface area contributed by atoms with Crippen LogP contribution in [0.4, 0.5) is 14.9 Å². The molecular weight excluding hydrogens is 211 g/mol. The van der Waals surface area contributed by atoms with Crippen molar-refractivity contribution in [1.82, 2.24) is 5.32 Å². The van der Waals surface area contributed by atoms with E-state index < -0.39 is 18.0 Å². The SMILES string of the molecule is Cc1cccc(NC(=O)NC[C@@H](C)O)c1F. The van der Waals surface area contributed by atoms with Crippen molar-refractivity contribution in [2.24, 2.45) is 0 Å². The molecule has 1 aromatic rings. The summed E-state index contributed by atoms with van der Waals surface area (Å²) in [5, 5.41) is 13.7. The number of aliphatic hydroxyl groups is 1. The Bertz CT molecular complexity index is 380. The lowest BCUT2D eigenvalue weighted by Gasteiger charge is -2.10. The van der Waals surface area contributed by atoms with Gasteiger partial charge in [0.2, 0.25) is 0 Å². The first-order valence-corrected chi connectivity index (χ1v) is 4.98. The zero-order valence-corrected chi connectivity index (χ0v) is 9.25. The van der Waals surface area contributed by atoms with Crippen LogP contribution in [-0.4, -0.2) is 23.8 Å². The lowest BCUT2D eigenvalue weighted by Crippen LogP contribution is -2.34. The molecular formula is C11H15FN2O2. The minimum absolute atomic E-state index is 0.124. The van der Waals surface area contributed by atoms with Gasteiger partial charge in [-0.1, -0.05) is 12.1 Å². The first-order chi connectivity index (χ1) is 7.50. The second-order valence-corrected chi connectivity index (χ2v) is 3.62. The van der Waals surface area contributed by atoms with Gasteiger partial charge in [-0.15, -0.1) is 0 Å². The van der Waals surface area contributed by atoms with Crippen molar-refractivity contribution < 1.29 is 14.3 Å². The van der Waals surface area contributed by atoms with E-state index in [-0.39, 0.29) is 12.2 Å². The van der Waals surface area contributed by atoms with E-state index in [0.717, 1.165) is 0 Å². The van der Waals surface area contributed by atoms with Crippen molar-refractivity contribution in [2.45, 2.75) is 20.0 Å². The van der Waals surface area contributed by atoms with E-state index in [4.69, 9.17) is 5.11 Å². The number of hydrogen-bond donors (Lipinski definition) is 3. The Hall–Kier alpha value is -1.62. The van der Waals surface area contributed by atoms with Gasteiger partial charge in [0.1, 0.15) is 5.82 Å². The lowest BCUT2D eigenvalue weighted by molar-refractivity contribution is 0.190. The van der Waals surface area contributed by atoms with Crippen molar-refractivity contribution in [3.63, 3.8) is 0 Å². The number of urea groups is 1. The molecule has 0 aromatic heterocycles. The Kier molecular flexibility index (Phi) is 4.25. The molecule has 1 aromatic carbocycles. The van der Waals surface area contributed by atoms with Crippen LogP contribution in [0, 0.1) is 12.7 Å². The van der Waals surface area contributed by atoms with Crippen molar-refractivity contribution in [3.8, 4) is 0 Å². The molecule has 88 valence electrons. The van der Waals surface area contributed by atoms with Gasteiger partial charge in [-0.05, 0) is 25.5 Å². The highest BCUT2D eigenvalue weighted by atomic mass is 19.1. The minimum atomic E-state index is -0.631. The van der Waals surface area contributed by atoms with Crippen LogP contribution in [0.3, 0.4) is 0 Å². The maximum atomic E-state index is 13.5. The van der Waals surface area contributed by atoms with E-state index in [0.29, 0.717) is 5.56 Å². The zero-order valence-electron chi connectivity index (χ0n) is 9.25. The predicted molar refractivity (Wildman–Crippen MR) is 59.8 cm³/mol. The summed E-state index contributed by atoms with van der Waals surface area (Å²) in [4.78, 5) is 11.3. The van der Waals surface area contributed by atoms with Crippen LogP contribution in [0.15, 0.2) is 18.2 Å². The summed E-state index contributed by atoms with van der Waals surface area (Å²) in [5.41, 5.74) is 0.594. The summed E-state index contributed by atoms with van der Waals surface area (Å²) in [6, 6.07) is 4.21. The van der Waals surface area contributed by atoms with Gasteiger partial charge in [0.05, 0.1) is 11.8 Å². The van der Waals surface area contributed by atoms with Crippen LogP contribution in [0.25, 0.3) is 0 Å². The smallest absolute Gasteiger partial charge is 0.319 e. The average molecular weight is 226 g/mol. The molecule has 1 rings (SSSR count). The fourth-order valence-corrected chi connectivity index (χ4v) is 1.15. The van der Waals surface area contributed by atoms with Crippen LogP contribution >= 0.6 is 0 Å². The second-order valence-electron chi connectivity index (χ2n) is 3.62. The normalized spacial score (nSPS) is 12.0. The molecule has 0 unspecified atom stereocenters. The van der Waals surface area contributed by atoms with Crippen LogP contribution in [0.5, 0.6) is 0 Å². The summed E-state index contributed by atoms with van der Waals surface area (Å²) < 4.78 is 13.5. The number of benzene rings is 1. The number of anilines is 1. The van der Waals surface area contributed by atoms with Gasteiger partial charge in [0.25, 0.3) is 0 Å². The predicted octanol–water partition coefficient (Wildman–Crippen LogP) is 1.64. The molecule has 0 aliphatic carbocycles. The monoisotopic (exact) mass is 226 g/mol. The highest BCUT2D eigenvalue weighted by Crippen LogP contribution is 2.16. The largest absolute Gasteiger partial charge is 0.392 e. The van der Waals surface area contributed by atoms with Crippen molar-refractivity contribution in [3.05, 3.63) is 29.6 Å². The molecule has 2 amide bonds. The second kappa shape index (κ2) is 5.46. The summed E-state index contributed by atoms with van der Waals surface area (Å²) >= 11 is 0. The molecule has 0 aliphatic heterocycles. The fourth-order valence-electron chi connectivity index (χ4n) is 1.15. The molecule has 0 fully saturated rings. The standard InChI is InChI=1S/C11H15FN2O2/c1-7-4-3-5-9(10(7)12)14-11(16)13-6-8(2)15/h3-5,8,15H,6H2,1-2H3,(H2,13,14,16)/t8-/m1/s1. The average Bonchev–Trinajstić information content (AvgIpc) is 2.22. The van der Waals surface area contributed by atoms with Crippen LogP contribution in [-0.2, 0) is 0 Å². The highest BCUT2D eigenvalue weighted by Gasteiger charge is 2.08. The van der Waals surface area contributed by atoms with E-state index in [9.17, 15) is 9.18 Å². The summed E-state index contributed by atoms with van der Waals surface area (Å²) in [6.07, 6.45) is -0.631. The molecule has 4 nitrogen and oxygen atoms in total. The number of halogens is 1. The molecule has 3 N–H and O–H groups in total. The third-order valence-electron chi connectivity index (χ3n) is 2.00. The van der Waals surface area contributed by atoms with Crippen LogP contribution in [0.2, 0.25) is 0 Å².